The molecule has 0 fully saturated rings. The van der Waals surface area contributed by atoms with Gasteiger partial charge in [-0.15, -0.1) is 0 Å². The summed E-state index contributed by atoms with van der Waals surface area (Å²) >= 11 is 19.3. The number of hydrogen-bond acceptors (Lipinski definition) is 2. The second-order valence-electron chi connectivity index (χ2n) is 8.50. The van der Waals surface area contributed by atoms with Crippen LogP contribution in [0.2, 0.25) is 10.0 Å². The van der Waals surface area contributed by atoms with Gasteiger partial charge in [-0.05, 0) is 67.5 Å². The Morgan fingerprint density at radius 1 is 0.657 bits per heavy atom. The average molecular weight is 676 g/mol. The Kier molecular flexibility index (Phi) is 8.56. The van der Waals surface area contributed by atoms with Crippen LogP contribution in [-0.4, -0.2) is 11.4 Å². The van der Waals surface area contributed by atoms with Gasteiger partial charge in [0.2, 0.25) is 0 Å². The molecule has 0 saturated carbocycles. The van der Waals surface area contributed by atoms with E-state index in [0.717, 1.165) is 67.0 Å². The Hall–Kier alpha value is -1.49. The first-order chi connectivity index (χ1) is 16.7. The topological polar surface area (TPSA) is 24.7 Å². The van der Waals surface area contributed by atoms with Crippen molar-refractivity contribution in [3.8, 4) is 0 Å². The summed E-state index contributed by atoms with van der Waals surface area (Å²) in [5, 5.41) is 3.61. The third-order valence-corrected chi connectivity index (χ3v) is 6.46. The first-order valence-corrected chi connectivity index (χ1v) is 16.4. The molecule has 2 nitrogen and oxygen atoms in total. The number of nitrogens with zero attached hydrogens (tertiary/aromatic N) is 2. The van der Waals surface area contributed by atoms with E-state index >= 15 is 0 Å². The van der Waals surface area contributed by atoms with Gasteiger partial charge >= 0.3 is 39.3 Å². The van der Waals surface area contributed by atoms with E-state index in [0.29, 0.717) is 10.0 Å². The van der Waals surface area contributed by atoms with Crippen molar-refractivity contribution in [1.82, 2.24) is 0 Å². The molecule has 1 aliphatic rings. The minimum atomic E-state index is 0.641. The van der Waals surface area contributed by atoms with Gasteiger partial charge in [0.05, 0.1) is 32.8 Å². The van der Waals surface area contributed by atoms with Gasteiger partial charge in [-0.2, -0.15) is 0 Å². The van der Waals surface area contributed by atoms with Gasteiger partial charge in [0.1, 0.15) is 0 Å². The molecule has 7 heteroatoms. The Morgan fingerprint density at radius 2 is 1.06 bits per heavy atom. The zero-order valence-electron chi connectivity index (χ0n) is 19.5. The SMILES string of the molecule is Cc1cc(C)c(N=C2C(=Nc3c(C)cc(C)cc3Cl)c3cccc4cccc2c34)c(Cl)c1.[Br][Ni][Br]. The van der Waals surface area contributed by atoms with Crippen LogP contribution >= 0.6 is 51.7 Å². The van der Waals surface area contributed by atoms with E-state index < -0.39 is 0 Å². The molecule has 0 atom stereocenters. The molecule has 0 heterocycles. The van der Waals surface area contributed by atoms with Gasteiger partial charge in [0.25, 0.3) is 0 Å². The molecule has 0 N–H and O–H groups in total. The van der Waals surface area contributed by atoms with Crippen LogP contribution < -0.4 is 0 Å². The maximum absolute atomic E-state index is 6.63. The molecule has 35 heavy (non-hydrogen) atoms. The van der Waals surface area contributed by atoms with E-state index in [1.54, 1.807) is 0 Å². The Morgan fingerprint density at radius 3 is 1.43 bits per heavy atom. The second-order valence-corrected chi connectivity index (χ2v) is 14.3. The normalized spacial score (nSPS) is 14.6. The van der Waals surface area contributed by atoms with Crippen LogP contribution in [0.3, 0.4) is 0 Å². The molecule has 4 aromatic carbocycles. The zero-order chi connectivity index (χ0) is 25.3. The van der Waals surface area contributed by atoms with Crippen molar-refractivity contribution in [2.45, 2.75) is 27.7 Å². The molecule has 0 spiro atoms. The van der Waals surface area contributed by atoms with Gasteiger partial charge in [-0.3, -0.25) is 0 Å². The minimum absolute atomic E-state index is 0.641. The summed E-state index contributed by atoms with van der Waals surface area (Å²) in [6, 6.07) is 20.7. The Balaban J connectivity index is 0.000000917. The molecular formula is C28H22Br2Cl2N2Ni. The first-order valence-electron chi connectivity index (χ1n) is 10.8. The monoisotopic (exact) mass is 672 g/mol. The molecule has 5 rings (SSSR count). The molecule has 0 aromatic heterocycles. The molecular weight excluding hydrogens is 654 g/mol. The van der Waals surface area contributed by atoms with Gasteiger partial charge in [-0.1, -0.05) is 71.7 Å². The Bertz CT molecular complexity index is 1360. The molecule has 4 aromatic rings. The van der Waals surface area contributed by atoms with Gasteiger partial charge < -0.3 is 0 Å². The van der Waals surface area contributed by atoms with Crippen molar-refractivity contribution >= 4 is 85.2 Å². The van der Waals surface area contributed by atoms with Crippen LogP contribution in [0.1, 0.15) is 33.4 Å². The number of aryl methyl sites for hydroxylation is 4. The predicted octanol–water partition coefficient (Wildman–Crippen LogP) is 10.3. The molecule has 0 radical (unpaired) electrons. The van der Waals surface area contributed by atoms with E-state index in [-0.39, 0.29) is 0 Å². The number of rotatable bonds is 2. The van der Waals surface area contributed by atoms with Crippen molar-refractivity contribution in [3.63, 3.8) is 0 Å². The summed E-state index contributed by atoms with van der Waals surface area (Å²) in [5.41, 5.74) is 9.62. The average Bonchev–Trinajstić information content (AvgIpc) is 3.08. The van der Waals surface area contributed by atoms with Crippen LogP contribution in [0.25, 0.3) is 10.8 Å². The molecule has 0 bridgehead atoms. The van der Waals surface area contributed by atoms with E-state index in [4.69, 9.17) is 33.2 Å². The quantitative estimate of drug-likeness (QED) is 0.189. The predicted molar refractivity (Wildman–Crippen MR) is 156 cm³/mol. The van der Waals surface area contributed by atoms with Crippen molar-refractivity contribution in [3.05, 3.63) is 104 Å². The summed E-state index contributed by atoms with van der Waals surface area (Å²) in [6.45, 7) is 8.16. The first kappa shape index (κ1) is 26.6. The summed E-state index contributed by atoms with van der Waals surface area (Å²) in [6.07, 6.45) is 0. The van der Waals surface area contributed by atoms with Crippen LogP contribution in [0.4, 0.5) is 11.4 Å². The third-order valence-electron chi connectivity index (χ3n) is 5.88. The molecule has 1 aliphatic carbocycles. The van der Waals surface area contributed by atoms with Crippen LogP contribution in [0.15, 0.2) is 70.6 Å². The van der Waals surface area contributed by atoms with Crippen LogP contribution in [0.5, 0.6) is 0 Å². The standard InChI is InChI=1S/C28H22Cl2N2.2BrH.Ni/c1-15-11-17(3)25(22(29)13-15)31-27-20-9-5-7-19-8-6-10-21(24(19)20)28(27)32-26-18(4)12-16(2)14-23(26)30;;;/h5-14H,1-4H3;2*1H;/q;;;+2/p-2. The Labute approximate surface area is 236 Å². The van der Waals surface area contributed by atoms with E-state index in [9.17, 15) is 0 Å². The van der Waals surface area contributed by atoms with Crippen LogP contribution in [-0.2, 0) is 10.9 Å². The van der Waals surface area contributed by atoms with Crippen molar-refractivity contribution in [2.24, 2.45) is 9.98 Å². The summed E-state index contributed by atoms with van der Waals surface area (Å²) < 4.78 is 0. The molecule has 0 amide bonds. The van der Waals surface area contributed by atoms with Crippen molar-refractivity contribution < 1.29 is 10.9 Å². The van der Waals surface area contributed by atoms with E-state index in [1.165, 1.54) is 10.9 Å². The molecule has 182 valence electrons. The van der Waals surface area contributed by atoms with Gasteiger partial charge in [0.15, 0.2) is 0 Å². The molecule has 0 saturated heterocycles. The summed E-state index contributed by atoms with van der Waals surface area (Å²) in [7, 11) is 1.25. The van der Waals surface area contributed by atoms with Gasteiger partial charge in [0, 0.05) is 16.5 Å². The summed E-state index contributed by atoms with van der Waals surface area (Å²) in [5.74, 6) is 0. The maximum atomic E-state index is 6.63. The fraction of sp³-hybridized carbons (Fsp3) is 0.143. The molecule has 0 unspecified atom stereocenters. The van der Waals surface area contributed by atoms with Crippen molar-refractivity contribution in [1.29, 1.82) is 0 Å². The van der Waals surface area contributed by atoms with E-state index in [1.807, 2.05) is 39.8 Å². The second kappa shape index (κ2) is 11.3. The third kappa shape index (κ3) is 5.45. The summed E-state index contributed by atoms with van der Waals surface area (Å²) in [4.78, 5) is 10.2. The number of hydrogen-bond donors (Lipinski definition) is 0. The van der Waals surface area contributed by atoms with Gasteiger partial charge in [-0.25, -0.2) is 9.98 Å². The number of benzene rings is 4. The fourth-order valence-corrected chi connectivity index (χ4v) is 5.27. The zero-order valence-corrected chi connectivity index (χ0v) is 25.2. The fourth-order valence-electron chi connectivity index (χ4n) is 4.54. The number of aliphatic imine (C=N–C) groups is 2. The van der Waals surface area contributed by atoms with Crippen molar-refractivity contribution in [2.75, 3.05) is 0 Å². The van der Waals surface area contributed by atoms with Crippen LogP contribution in [0, 0.1) is 27.7 Å². The molecule has 0 aliphatic heterocycles. The van der Waals surface area contributed by atoms with E-state index in [2.05, 4.69) is 77.0 Å². The number of halogens is 4.